The van der Waals surface area contributed by atoms with Crippen LogP contribution in [0.15, 0.2) is 0 Å². The lowest BCUT2D eigenvalue weighted by Gasteiger charge is -2.37. The van der Waals surface area contributed by atoms with Crippen LogP contribution in [0.4, 0.5) is 0 Å². The number of hydrogen-bond donors (Lipinski definition) is 0. The molecule has 0 heteroatoms. The second kappa shape index (κ2) is 5.19. The van der Waals surface area contributed by atoms with Gasteiger partial charge in [-0.05, 0) is 42.4 Å². The molecule has 0 radical (unpaired) electrons. The van der Waals surface area contributed by atoms with Crippen LogP contribution >= 0.6 is 0 Å². The van der Waals surface area contributed by atoms with Gasteiger partial charge in [-0.1, -0.05) is 47.5 Å². The van der Waals surface area contributed by atoms with Crippen LogP contribution in [0.1, 0.15) is 60.3 Å². The van der Waals surface area contributed by atoms with Crippen LogP contribution in [-0.4, -0.2) is 0 Å². The summed E-state index contributed by atoms with van der Waals surface area (Å²) < 4.78 is 0. The van der Waals surface area contributed by atoms with E-state index < -0.39 is 0 Å². The lowest BCUT2D eigenvalue weighted by molar-refractivity contribution is 0.133. The van der Waals surface area contributed by atoms with E-state index in [0.29, 0.717) is 0 Å². The van der Waals surface area contributed by atoms with Crippen molar-refractivity contribution in [1.29, 1.82) is 0 Å². The predicted molar refractivity (Wildman–Crippen MR) is 64.3 cm³/mol. The van der Waals surface area contributed by atoms with E-state index in [1.54, 1.807) is 0 Å². The molecule has 1 fully saturated rings. The lowest BCUT2D eigenvalue weighted by Crippen LogP contribution is -2.27. The highest BCUT2D eigenvalue weighted by molar-refractivity contribution is 4.80. The molecule has 0 heterocycles. The molecule has 0 bridgehead atoms. The lowest BCUT2D eigenvalue weighted by atomic mass is 9.68. The van der Waals surface area contributed by atoms with E-state index in [2.05, 4.69) is 34.6 Å². The van der Waals surface area contributed by atoms with Crippen molar-refractivity contribution in [3.05, 3.63) is 0 Å². The van der Waals surface area contributed by atoms with Crippen LogP contribution in [0.3, 0.4) is 0 Å². The van der Waals surface area contributed by atoms with E-state index in [1.807, 2.05) is 0 Å². The minimum absolute atomic E-state index is 0.917. The molecule has 1 saturated carbocycles. The van der Waals surface area contributed by atoms with Gasteiger partial charge >= 0.3 is 0 Å². The Morgan fingerprint density at radius 3 is 2.21 bits per heavy atom. The topological polar surface area (TPSA) is 0 Å². The van der Waals surface area contributed by atoms with Gasteiger partial charge in [0.05, 0.1) is 0 Å². The highest BCUT2D eigenvalue weighted by Gasteiger charge is 2.29. The largest absolute Gasteiger partial charge is 0.0651 e. The number of hydrogen-bond acceptors (Lipinski definition) is 0. The van der Waals surface area contributed by atoms with Crippen molar-refractivity contribution in [2.45, 2.75) is 60.3 Å². The molecule has 0 spiro atoms. The van der Waals surface area contributed by atoms with E-state index in [0.717, 1.165) is 29.6 Å². The Kier molecular flexibility index (Phi) is 4.47. The first-order valence-electron chi connectivity index (χ1n) is 6.56. The summed E-state index contributed by atoms with van der Waals surface area (Å²) in [4.78, 5) is 0. The van der Waals surface area contributed by atoms with E-state index in [9.17, 15) is 0 Å². The molecule has 14 heavy (non-hydrogen) atoms. The summed E-state index contributed by atoms with van der Waals surface area (Å²) in [6, 6.07) is 0. The fraction of sp³-hybridized carbons (Fsp3) is 1.00. The highest BCUT2D eigenvalue weighted by atomic mass is 14.3. The first kappa shape index (κ1) is 12.1. The van der Waals surface area contributed by atoms with Crippen molar-refractivity contribution in [3.8, 4) is 0 Å². The van der Waals surface area contributed by atoms with Crippen LogP contribution in [0.5, 0.6) is 0 Å². The molecule has 0 aromatic rings. The zero-order valence-electron chi connectivity index (χ0n) is 10.7. The van der Waals surface area contributed by atoms with Crippen molar-refractivity contribution >= 4 is 0 Å². The Balaban J connectivity index is 2.45. The van der Waals surface area contributed by atoms with E-state index >= 15 is 0 Å². The molecule has 0 aromatic heterocycles. The Labute approximate surface area is 90.5 Å². The summed E-state index contributed by atoms with van der Waals surface area (Å²) in [6.45, 7) is 12.1. The molecule has 0 nitrogen and oxygen atoms in total. The fourth-order valence-electron chi connectivity index (χ4n) is 2.90. The van der Waals surface area contributed by atoms with Crippen LogP contribution < -0.4 is 0 Å². The maximum absolute atomic E-state index is 2.47. The van der Waals surface area contributed by atoms with Gasteiger partial charge in [0.25, 0.3) is 0 Å². The number of rotatable bonds is 3. The van der Waals surface area contributed by atoms with Gasteiger partial charge in [0.2, 0.25) is 0 Å². The second-order valence-corrected chi connectivity index (χ2v) is 5.77. The molecule has 1 aliphatic rings. The van der Waals surface area contributed by atoms with Gasteiger partial charge in [0.1, 0.15) is 0 Å². The van der Waals surface area contributed by atoms with Gasteiger partial charge in [-0.15, -0.1) is 0 Å². The van der Waals surface area contributed by atoms with Crippen LogP contribution in [-0.2, 0) is 0 Å². The van der Waals surface area contributed by atoms with Gasteiger partial charge in [-0.2, -0.15) is 0 Å². The molecule has 5 unspecified atom stereocenters. The smallest absolute Gasteiger partial charge is 0.0383 e. The SMILES string of the molecule is CCC(C)C(C)C1CCC(C)C(C)C1. The zero-order valence-corrected chi connectivity index (χ0v) is 10.7. The third-order valence-electron chi connectivity index (χ3n) is 4.92. The average Bonchev–Trinajstić information content (AvgIpc) is 2.20. The fourth-order valence-corrected chi connectivity index (χ4v) is 2.90. The van der Waals surface area contributed by atoms with Gasteiger partial charge in [0, 0.05) is 0 Å². The Morgan fingerprint density at radius 2 is 1.71 bits per heavy atom. The summed E-state index contributed by atoms with van der Waals surface area (Å²) >= 11 is 0. The van der Waals surface area contributed by atoms with Crippen LogP contribution in [0.25, 0.3) is 0 Å². The molecule has 5 atom stereocenters. The third kappa shape index (κ3) is 2.74. The standard InChI is InChI=1S/C14H28/c1-6-10(2)13(5)14-8-7-11(3)12(4)9-14/h10-14H,6-9H2,1-5H3. The predicted octanol–water partition coefficient (Wildman–Crippen LogP) is 4.74. The van der Waals surface area contributed by atoms with Crippen molar-refractivity contribution < 1.29 is 0 Å². The minimum Gasteiger partial charge on any atom is -0.0651 e. The molecule has 0 N–H and O–H groups in total. The molecule has 0 saturated heterocycles. The summed E-state index contributed by atoms with van der Waals surface area (Å²) in [6.07, 6.45) is 5.78. The molecule has 1 rings (SSSR count). The monoisotopic (exact) mass is 196 g/mol. The molecular weight excluding hydrogens is 168 g/mol. The minimum atomic E-state index is 0.917. The summed E-state index contributed by atoms with van der Waals surface area (Å²) in [5.41, 5.74) is 0. The van der Waals surface area contributed by atoms with E-state index in [1.165, 1.54) is 25.7 Å². The zero-order chi connectivity index (χ0) is 10.7. The van der Waals surface area contributed by atoms with Gasteiger partial charge in [-0.25, -0.2) is 0 Å². The maximum atomic E-state index is 2.47. The highest BCUT2D eigenvalue weighted by Crippen LogP contribution is 2.39. The summed E-state index contributed by atoms with van der Waals surface area (Å²) in [7, 11) is 0. The van der Waals surface area contributed by atoms with Gasteiger partial charge < -0.3 is 0 Å². The van der Waals surface area contributed by atoms with Crippen molar-refractivity contribution in [3.63, 3.8) is 0 Å². The second-order valence-electron chi connectivity index (χ2n) is 5.77. The van der Waals surface area contributed by atoms with E-state index in [4.69, 9.17) is 0 Å². The Bertz CT molecular complexity index is 161. The van der Waals surface area contributed by atoms with Gasteiger partial charge in [0.15, 0.2) is 0 Å². The van der Waals surface area contributed by atoms with Crippen molar-refractivity contribution in [2.75, 3.05) is 0 Å². The molecule has 0 aromatic carbocycles. The molecule has 1 aliphatic carbocycles. The normalized spacial score (nSPS) is 37.9. The summed E-state index contributed by atoms with van der Waals surface area (Å²) in [5, 5.41) is 0. The van der Waals surface area contributed by atoms with Crippen molar-refractivity contribution in [1.82, 2.24) is 0 Å². The Morgan fingerprint density at radius 1 is 1.07 bits per heavy atom. The molecule has 0 amide bonds. The maximum Gasteiger partial charge on any atom is -0.0383 e. The molecular formula is C14H28. The van der Waals surface area contributed by atoms with Gasteiger partial charge in [-0.3, -0.25) is 0 Å². The van der Waals surface area contributed by atoms with Crippen LogP contribution in [0.2, 0.25) is 0 Å². The first-order valence-corrected chi connectivity index (χ1v) is 6.56. The quantitative estimate of drug-likeness (QED) is 0.611. The van der Waals surface area contributed by atoms with Crippen LogP contribution in [0, 0.1) is 29.6 Å². The van der Waals surface area contributed by atoms with Crippen molar-refractivity contribution in [2.24, 2.45) is 29.6 Å². The summed E-state index contributed by atoms with van der Waals surface area (Å²) in [5.74, 6) is 4.79. The molecule has 84 valence electrons. The molecule has 0 aliphatic heterocycles. The average molecular weight is 196 g/mol. The first-order chi connectivity index (χ1) is 6.56. The third-order valence-corrected chi connectivity index (χ3v) is 4.92. The van der Waals surface area contributed by atoms with E-state index in [-0.39, 0.29) is 0 Å². The Hall–Kier alpha value is 0.